The van der Waals surface area contributed by atoms with Crippen molar-refractivity contribution in [3.8, 4) is 0 Å². The Morgan fingerprint density at radius 1 is 1.41 bits per heavy atom. The third-order valence-electron chi connectivity index (χ3n) is 1.81. The van der Waals surface area contributed by atoms with Gasteiger partial charge in [-0.15, -0.1) is 0 Å². The highest BCUT2D eigenvalue weighted by Gasteiger charge is 2.15. The molecule has 0 saturated heterocycles. The zero-order chi connectivity index (χ0) is 13.1. The van der Waals surface area contributed by atoms with Gasteiger partial charge < -0.3 is 14.8 Å². The van der Waals surface area contributed by atoms with Crippen LogP contribution in [0, 0.1) is 0 Å². The predicted octanol–water partition coefficient (Wildman–Crippen LogP) is 0.655. The Morgan fingerprint density at radius 3 is 2.65 bits per heavy atom. The lowest BCUT2D eigenvalue weighted by Gasteiger charge is -2.14. The number of thioether (sulfide) groups is 1. The monoisotopic (exact) mass is 280 g/mol. The highest BCUT2D eigenvalue weighted by molar-refractivity contribution is 8.13. The Hall–Kier alpha value is -0.240. The first-order valence-corrected chi connectivity index (χ1v) is 7.34. The molecule has 0 rings (SSSR count). The molecule has 0 bridgehead atoms. The molecule has 0 unspecified atom stereocenters. The van der Waals surface area contributed by atoms with Crippen molar-refractivity contribution >= 4 is 34.8 Å². The van der Waals surface area contributed by atoms with Gasteiger partial charge in [-0.3, -0.25) is 9.59 Å². The van der Waals surface area contributed by atoms with Crippen LogP contribution in [0.3, 0.4) is 0 Å². The maximum Gasteiger partial charge on any atom is 0.238 e. The van der Waals surface area contributed by atoms with E-state index in [1.807, 2.05) is 6.92 Å². The second kappa shape index (κ2) is 10.9. The maximum absolute atomic E-state index is 11.7. The van der Waals surface area contributed by atoms with Crippen LogP contribution in [0.1, 0.15) is 13.8 Å². The van der Waals surface area contributed by atoms with E-state index in [-0.39, 0.29) is 17.1 Å². The second-order valence-corrected chi connectivity index (χ2v) is 5.24. The Labute approximate surface area is 111 Å². The summed E-state index contributed by atoms with van der Waals surface area (Å²) in [7, 11) is 1.74. The van der Waals surface area contributed by atoms with E-state index >= 15 is 0 Å². The Morgan fingerprint density at radius 2 is 2.12 bits per heavy atom. The van der Waals surface area contributed by atoms with Crippen molar-refractivity contribution in [1.29, 1.82) is 0 Å². The molecule has 1 amide bonds. The molecule has 5 nitrogen and oxygen atoms in total. The standard InChI is InChI=1S/C10H20N2O3S2/c1-4-15-17-7-9(11-3)10(14)12-5-6-16-8(2)13/h9,11H,4-7H2,1-3H3,(H,12,14)/t9-/m0/s1. The lowest BCUT2D eigenvalue weighted by atomic mass is 10.3. The summed E-state index contributed by atoms with van der Waals surface area (Å²) in [6.45, 7) is 4.54. The summed E-state index contributed by atoms with van der Waals surface area (Å²) in [5.41, 5.74) is 0. The van der Waals surface area contributed by atoms with Crippen molar-refractivity contribution in [1.82, 2.24) is 10.6 Å². The fraction of sp³-hybridized carbons (Fsp3) is 0.800. The largest absolute Gasteiger partial charge is 0.354 e. The zero-order valence-electron chi connectivity index (χ0n) is 10.4. The van der Waals surface area contributed by atoms with E-state index in [1.54, 1.807) is 7.05 Å². The van der Waals surface area contributed by atoms with E-state index in [9.17, 15) is 9.59 Å². The first kappa shape index (κ1) is 16.8. The summed E-state index contributed by atoms with van der Waals surface area (Å²) < 4.78 is 5.12. The SMILES string of the molecule is CCOSC[C@H](NC)C(=O)NCCSC(C)=O. The van der Waals surface area contributed by atoms with Gasteiger partial charge in [0.15, 0.2) is 5.12 Å². The number of carbonyl (C=O) groups excluding carboxylic acids is 2. The molecule has 0 aliphatic carbocycles. The van der Waals surface area contributed by atoms with Crippen molar-refractivity contribution in [2.24, 2.45) is 0 Å². The molecular formula is C10H20N2O3S2. The minimum absolute atomic E-state index is 0.0659. The van der Waals surface area contributed by atoms with Gasteiger partial charge in [-0.05, 0) is 26.0 Å². The summed E-state index contributed by atoms with van der Waals surface area (Å²) in [5, 5.41) is 5.76. The van der Waals surface area contributed by atoms with Gasteiger partial charge in [0.05, 0.1) is 12.6 Å². The molecule has 0 aromatic heterocycles. The summed E-state index contributed by atoms with van der Waals surface area (Å²) in [4.78, 5) is 22.3. The lowest BCUT2D eigenvalue weighted by Crippen LogP contribution is -2.45. The van der Waals surface area contributed by atoms with Gasteiger partial charge in [-0.2, -0.15) is 0 Å². The van der Waals surface area contributed by atoms with Crippen LogP contribution >= 0.6 is 23.8 Å². The molecule has 100 valence electrons. The van der Waals surface area contributed by atoms with Gasteiger partial charge in [-0.25, -0.2) is 0 Å². The third-order valence-corrected chi connectivity index (χ3v) is 3.49. The molecule has 0 aromatic carbocycles. The highest BCUT2D eigenvalue weighted by atomic mass is 32.2. The molecule has 0 aromatic rings. The molecule has 2 N–H and O–H groups in total. The first-order chi connectivity index (χ1) is 8.11. The van der Waals surface area contributed by atoms with Crippen LogP contribution in [0.25, 0.3) is 0 Å². The number of amides is 1. The average molecular weight is 280 g/mol. The summed E-state index contributed by atoms with van der Waals surface area (Å²) in [6, 6.07) is -0.270. The van der Waals surface area contributed by atoms with Gasteiger partial charge in [0.1, 0.15) is 0 Å². The van der Waals surface area contributed by atoms with Crippen molar-refractivity contribution in [2.75, 3.05) is 31.7 Å². The third kappa shape index (κ3) is 9.46. The van der Waals surface area contributed by atoms with Gasteiger partial charge in [0.25, 0.3) is 0 Å². The number of carbonyl (C=O) groups is 2. The molecule has 1 atom stereocenters. The van der Waals surface area contributed by atoms with Crippen LogP contribution < -0.4 is 10.6 Å². The zero-order valence-corrected chi connectivity index (χ0v) is 12.1. The minimum Gasteiger partial charge on any atom is -0.354 e. The van der Waals surface area contributed by atoms with E-state index in [0.717, 1.165) is 0 Å². The predicted molar refractivity (Wildman–Crippen MR) is 73.1 cm³/mol. The van der Waals surface area contributed by atoms with E-state index in [1.165, 1.54) is 30.7 Å². The molecule has 0 heterocycles. The molecule has 17 heavy (non-hydrogen) atoms. The summed E-state index contributed by atoms with van der Waals surface area (Å²) in [6.07, 6.45) is 0. The molecule has 0 fully saturated rings. The Bertz CT molecular complexity index is 240. The molecule has 7 heteroatoms. The van der Waals surface area contributed by atoms with E-state index in [2.05, 4.69) is 10.6 Å². The van der Waals surface area contributed by atoms with Crippen LogP contribution in [-0.4, -0.2) is 48.8 Å². The van der Waals surface area contributed by atoms with Gasteiger partial charge >= 0.3 is 0 Å². The summed E-state index contributed by atoms with van der Waals surface area (Å²) in [5.74, 6) is 1.11. The van der Waals surface area contributed by atoms with E-state index < -0.39 is 0 Å². The number of rotatable bonds is 9. The number of nitrogens with one attached hydrogen (secondary N) is 2. The second-order valence-electron chi connectivity index (χ2n) is 3.16. The van der Waals surface area contributed by atoms with E-state index in [4.69, 9.17) is 4.18 Å². The Kier molecular flexibility index (Phi) is 10.7. The Balaban J connectivity index is 3.71. The first-order valence-electron chi connectivity index (χ1n) is 5.44. The number of hydrogen-bond donors (Lipinski definition) is 2. The molecule has 0 spiro atoms. The lowest BCUT2D eigenvalue weighted by molar-refractivity contribution is -0.122. The van der Waals surface area contributed by atoms with Crippen molar-refractivity contribution < 1.29 is 13.8 Å². The molecule has 0 aliphatic heterocycles. The van der Waals surface area contributed by atoms with Crippen LogP contribution in [0.5, 0.6) is 0 Å². The van der Waals surface area contributed by atoms with Crippen LogP contribution in [0.4, 0.5) is 0 Å². The number of hydrogen-bond acceptors (Lipinski definition) is 6. The number of likely N-dealkylation sites (N-methyl/N-ethyl adjacent to an activating group) is 1. The molecule has 0 saturated carbocycles. The van der Waals surface area contributed by atoms with Crippen LogP contribution in [0.15, 0.2) is 0 Å². The van der Waals surface area contributed by atoms with Gasteiger partial charge in [0.2, 0.25) is 5.91 Å². The average Bonchev–Trinajstić information content (AvgIpc) is 2.30. The van der Waals surface area contributed by atoms with Crippen molar-refractivity contribution in [2.45, 2.75) is 19.9 Å². The van der Waals surface area contributed by atoms with Crippen LogP contribution in [0.2, 0.25) is 0 Å². The topological polar surface area (TPSA) is 67.4 Å². The molecule has 0 radical (unpaired) electrons. The quantitative estimate of drug-likeness (QED) is 0.478. The fourth-order valence-corrected chi connectivity index (χ4v) is 2.19. The molecular weight excluding hydrogens is 260 g/mol. The normalized spacial score (nSPS) is 12.2. The van der Waals surface area contributed by atoms with E-state index in [0.29, 0.717) is 24.7 Å². The van der Waals surface area contributed by atoms with Gasteiger partial charge in [-0.1, -0.05) is 11.8 Å². The van der Waals surface area contributed by atoms with Crippen molar-refractivity contribution in [3.63, 3.8) is 0 Å². The highest BCUT2D eigenvalue weighted by Crippen LogP contribution is 2.04. The van der Waals surface area contributed by atoms with Gasteiger partial charge in [0, 0.05) is 25.0 Å². The van der Waals surface area contributed by atoms with Crippen LogP contribution in [-0.2, 0) is 13.8 Å². The summed E-state index contributed by atoms with van der Waals surface area (Å²) >= 11 is 2.49. The maximum atomic E-state index is 11.7. The fourth-order valence-electron chi connectivity index (χ4n) is 0.982. The smallest absolute Gasteiger partial charge is 0.238 e. The van der Waals surface area contributed by atoms with Crippen molar-refractivity contribution in [3.05, 3.63) is 0 Å². The minimum atomic E-state index is -0.270. The molecule has 0 aliphatic rings.